The van der Waals surface area contributed by atoms with Crippen LogP contribution < -0.4 is 11.1 Å². The van der Waals surface area contributed by atoms with Gasteiger partial charge in [0.2, 0.25) is 0 Å². The van der Waals surface area contributed by atoms with Crippen LogP contribution in [0.15, 0.2) is 18.2 Å². The van der Waals surface area contributed by atoms with Crippen LogP contribution in [0.5, 0.6) is 0 Å². The van der Waals surface area contributed by atoms with Gasteiger partial charge in [0.25, 0.3) is 11.6 Å². The van der Waals surface area contributed by atoms with Crippen molar-refractivity contribution < 1.29 is 9.72 Å². The van der Waals surface area contributed by atoms with Gasteiger partial charge in [-0.25, -0.2) is 0 Å². The number of non-ortho nitro benzene ring substituents is 1. The number of hydrogen-bond donors (Lipinski definition) is 2. The van der Waals surface area contributed by atoms with E-state index in [2.05, 4.69) is 12.2 Å². The van der Waals surface area contributed by atoms with Crippen molar-refractivity contribution in [2.75, 3.05) is 5.73 Å². The maximum atomic E-state index is 12.1. The standard InChI is InChI=1S/C15H23N3O3/c1-3-4-5-6-7-11(2)17-15(19)13-10-12(18(20)21)8-9-14(13)16/h8-11H,3-7,16H2,1-2H3,(H,17,19). The number of unbranched alkanes of at least 4 members (excludes halogenated alkanes) is 3. The quantitative estimate of drug-likeness (QED) is 0.332. The van der Waals surface area contributed by atoms with Gasteiger partial charge in [-0.1, -0.05) is 32.6 Å². The molecule has 1 atom stereocenters. The largest absolute Gasteiger partial charge is 0.398 e. The maximum Gasteiger partial charge on any atom is 0.270 e. The van der Waals surface area contributed by atoms with E-state index in [4.69, 9.17) is 5.73 Å². The molecule has 6 heteroatoms. The number of nitrogen functional groups attached to an aromatic ring is 1. The van der Waals surface area contributed by atoms with E-state index < -0.39 is 4.92 Å². The van der Waals surface area contributed by atoms with E-state index in [1.807, 2.05) is 6.92 Å². The Morgan fingerprint density at radius 3 is 2.71 bits per heavy atom. The predicted octanol–water partition coefficient (Wildman–Crippen LogP) is 3.27. The molecule has 0 bridgehead atoms. The third-order valence-electron chi connectivity index (χ3n) is 3.36. The zero-order valence-electron chi connectivity index (χ0n) is 12.6. The molecule has 0 spiro atoms. The van der Waals surface area contributed by atoms with Crippen LogP contribution in [-0.2, 0) is 0 Å². The molecule has 21 heavy (non-hydrogen) atoms. The molecule has 0 saturated heterocycles. The van der Waals surface area contributed by atoms with Crippen LogP contribution in [0.25, 0.3) is 0 Å². The van der Waals surface area contributed by atoms with Crippen LogP contribution in [0.4, 0.5) is 11.4 Å². The minimum absolute atomic E-state index is 0.0213. The molecule has 0 aliphatic rings. The number of hydrogen-bond acceptors (Lipinski definition) is 4. The molecule has 0 heterocycles. The van der Waals surface area contributed by atoms with Crippen molar-refractivity contribution in [2.45, 2.75) is 52.0 Å². The van der Waals surface area contributed by atoms with Crippen molar-refractivity contribution in [3.63, 3.8) is 0 Å². The highest BCUT2D eigenvalue weighted by atomic mass is 16.6. The van der Waals surface area contributed by atoms with Crippen molar-refractivity contribution in [1.29, 1.82) is 0 Å². The molecule has 0 aromatic heterocycles. The Hall–Kier alpha value is -2.11. The summed E-state index contributed by atoms with van der Waals surface area (Å²) in [5.41, 5.74) is 5.99. The SMILES string of the molecule is CCCCCCC(C)NC(=O)c1cc([N+](=O)[O-])ccc1N. The molecule has 0 aliphatic carbocycles. The summed E-state index contributed by atoms with van der Waals surface area (Å²) in [4.78, 5) is 22.3. The molecule has 0 radical (unpaired) electrons. The molecule has 3 N–H and O–H groups in total. The minimum atomic E-state index is -0.537. The lowest BCUT2D eigenvalue weighted by atomic mass is 10.1. The Morgan fingerprint density at radius 1 is 1.38 bits per heavy atom. The summed E-state index contributed by atoms with van der Waals surface area (Å²) in [6.07, 6.45) is 5.46. The molecule has 116 valence electrons. The van der Waals surface area contributed by atoms with Gasteiger partial charge < -0.3 is 11.1 Å². The fraction of sp³-hybridized carbons (Fsp3) is 0.533. The molecule has 6 nitrogen and oxygen atoms in total. The van der Waals surface area contributed by atoms with Crippen LogP contribution in [0.1, 0.15) is 56.3 Å². The second kappa shape index (κ2) is 8.24. The second-order valence-electron chi connectivity index (χ2n) is 5.25. The number of nitro groups is 1. The average Bonchev–Trinajstić information content (AvgIpc) is 2.43. The Morgan fingerprint density at radius 2 is 2.10 bits per heavy atom. The van der Waals surface area contributed by atoms with Gasteiger partial charge in [0.1, 0.15) is 0 Å². The summed E-state index contributed by atoms with van der Waals surface area (Å²) in [6.45, 7) is 4.08. The topological polar surface area (TPSA) is 98.3 Å². The zero-order valence-corrected chi connectivity index (χ0v) is 12.6. The first-order chi connectivity index (χ1) is 9.95. The summed E-state index contributed by atoms with van der Waals surface area (Å²) < 4.78 is 0. The smallest absolute Gasteiger partial charge is 0.270 e. The van der Waals surface area contributed by atoms with E-state index in [1.165, 1.54) is 31.0 Å². The Labute approximate surface area is 124 Å². The number of nitrogens with two attached hydrogens (primary N) is 1. The first-order valence-corrected chi connectivity index (χ1v) is 7.30. The van der Waals surface area contributed by atoms with Crippen LogP contribution in [0.2, 0.25) is 0 Å². The van der Waals surface area contributed by atoms with Gasteiger partial charge in [-0.2, -0.15) is 0 Å². The molecule has 0 aliphatic heterocycles. The monoisotopic (exact) mass is 293 g/mol. The van der Waals surface area contributed by atoms with E-state index in [9.17, 15) is 14.9 Å². The lowest BCUT2D eigenvalue weighted by Crippen LogP contribution is -2.33. The summed E-state index contributed by atoms with van der Waals surface area (Å²) in [6, 6.07) is 3.92. The third-order valence-corrected chi connectivity index (χ3v) is 3.36. The number of amides is 1. The summed E-state index contributed by atoms with van der Waals surface area (Å²) >= 11 is 0. The van der Waals surface area contributed by atoms with Crippen LogP contribution in [0, 0.1) is 10.1 Å². The number of benzene rings is 1. The third kappa shape index (κ3) is 5.41. The van der Waals surface area contributed by atoms with Gasteiger partial charge in [0.05, 0.1) is 10.5 Å². The summed E-state index contributed by atoms with van der Waals surface area (Å²) in [5, 5.41) is 13.6. The lowest BCUT2D eigenvalue weighted by Gasteiger charge is -2.14. The number of nitrogens with zero attached hydrogens (tertiary/aromatic N) is 1. The van der Waals surface area contributed by atoms with Gasteiger partial charge in [-0.05, 0) is 19.4 Å². The van der Waals surface area contributed by atoms with Crippen molar-refractivity contribution in [2.24, 2.45) is 0 Å². The molecule has 0 saturated carbocycles. The summed E-state index contributed by atoms with van der Waals surface area (Å²) in [5.74, 6) is -0.362. The fourth-order valence-corrected chi connectivity index (χ4v) is 2.11. The van der Waals surface area contributed by atoms with Gasteiger partial charge in [-0.15, -0.1) is 0 Å². The normalized spacial score (nSPS) is 11.9. The molecular formula is C15H23N3O3. The Bertz CT molecular complexity index is 503. The summed E-state index contributed by atoms with van der Waals surface area (Å²) in [7, 11) is 0. The fourth-order valence-electron chi connectivity index (χ4n) is 2.11. The second-order valence-corrected chi connectivity index (χ2v) is 5.25. The van der Waals surface area contributed by atoms with Crippen molar-refractivity contribution in [3.05, 3.63) is 33.9 Å². The van der Waals surface area contributed by atoms with Gasteiger partial charge in [-0.3, -0.25) is 14.9 Å². The van der Waals surface area contributed by atoms with Gasteiger partial charge >= 0.3 is 0 Å². The predicted molar refractivity (Wildman–Crippen MR) is 83.2 cm³/mol. The number of carbonyl (C=O) groups excluding carboxylic acids is 1. The number of rotatable bonds is 8. The van der Waals surface area contributed by atoms with Crippen LogP contribution >= 0.6 is 0 Å². The molecule has 1 unspecified atom stereocenters. The highest BCUT2D eigenvalue weighted by Gasteiger charge is 2.16. The molecule has 1 rings (SSSR count). The minimum Gasteiger partial charge on any atom is -0.398 e. The average molecular weight is 293 g/mol. The van der Waals surface area contributed by atoms with E-state index in [0.717, 1.165) is 19.3 Å². The van der Waals surface area contributed by atoms with Crippen molar-refractivity contribution in [1.82, 2.24) is 5.32 Å². The van der Waals surface area contributed by atoms with E-state index in [1.54, 1.807) is 0 Å². The first-order valence-electron chi connectivity index (χ1n) is 7.30. The number of nitro benzene ring substituents is 1. The van der Waals surface area contributed by atoms with E-state index in [0.29, 0.717) is 0 Å². The highest BCUT2D eigenvalue weighted by Crippen LogP contribution is 2.19. The number of carbonyl (C=O) groups is 1. The van der Waals surface area contributed by atoms with Crippen molar-refractivity contribution >= 4 is 17.3 Å². The van der Waals surface area contributed by atoms with E-state index >= 15 is 0 Å². The molecular weight excluding hydrogens is 270 g/mol. The zero-order chi connectivity index (χ0) is 15.8. The van der Waals surface area contributed by atoms with Gasteiger partial charge in [0.15, 0.2) is 0 Å². The molecule has 0 fully saturated rings. The van der Waals surface area contributed by atoms with Gasteiger partial charge in [0, 0.05) is 23.9 Å². The molecule has 1 amide bonds. The van der Waals surface area contributed by atoms with Crippen molar-refractivity contribution in [3.8, 4) is 0 Å². The van der Waals surface area contributed by atoms with Crippen LogP contribution in [-0.4, -0.2) is 16.9 Å². The van der Waals surface area contributed by atoms with Crippen LogP contribution in [0.3, 0.4) is 0 Å². The maximum absolute atomic E-state index is 12.1. The highest BCUT2D eigenvalue weighted by molar-refractivity contribution is 5.99. The number of anilines is 1. The Kier molecular flexibility index (Phi) is 6.65. The van der Waals surface area contributed by atoms with E-state index in [-0.39, 0.29) is 28.9 Å². The molecule has 1 aromatic carbocycles. The Balaban J connectivity index is 2.62. The molecule has 1 aromatic rings. The lowest BCUT2D eigenvalue weighted by molar-refractivity contribution is -0.384. The first kappa shape index (κ1) is 16.9. The number of nitrogens with one attached hydrogen (secondary N) is 1.